The maximum absolute atomic E-state index is 12.7. The van der Waals surface area contributed by atoms with Gasteiger partial charge in [0.2, 0.25) is 0 Å². The summed E-state index contributed by atoms with van der Waals surface area (Å²) in [6.45, 7) is 0. The van der Waals surface area contributed by atoms with Crippen molar-refractivity contribution < 1.29 is 4.39 Å². The van der Waals surface area contributed by atoms with Crippen molar-refractivity contribution in [3.8, 4) is 0 Å². The average molecular weight is 187 g/mol. The van der Waals surface area contributed by atoms with Crippen molar-refractivity contribution in [3.05, 3.63) is 29.3 Å². The van der Waals surface area contributed by atoms with E-state index >= 15 is 0 Å². The van der Waals surface area contributed by atoms with Crippen molar-refractivity contribution in [2.45, 2.75) is 7.43 Å². The molecule has 12 heavy (non-hydrogen) atoms. The van der Waals surface area contributed by atoms with E-state index in [0.29, 0.717) is 11.0 Å². The molecule has 0 amide bonds. The second kappa shape index (κ2) is 3.11. The molecule has 1 aromatic heterocycles. The van der Waals surface area contributed by atoms with Crippen LogP contribution in [0.2, 0.25) is 5.02 Å². The molecule has 0 bridgehead atoms. The van der Waals surface area contributed by atoms with E-state index in [0.717, 1.165) is 0 Å². The quantitative estimate of drug-likeness (QED) is 0.673. The van der Waals surface area contributed by atoms with Gasteiger partial charge in [0.05, 0.1) is 22.4 Å². The summed E-state index contributed by atoms with van der Waals surface area (Å²) in [6, 6.07) is 2.81. The van der Waals surface area contributed by atoms with Crippen LogP contribution in [0.15, 0.2) is 18.5 Å². The molecule has 1 heterocycles. The molecule has 1 aromatic carbocycles. The van der Waals surface area contributed by atoms with Crippen LogP contribution in [0.25, 0.3) is 11.0 Å². The minimum Gasteiger partial charge on any atom is -0.345 e. The summed E-state index contributed by atoms with van der Waals surface area (Å²) in [6.07, 6.45) is 1.50. The number of nitrogens with one attached hydrogen (secondary N) is 1. The van der Waals surface area contributed by atoms with E-state index in [9.17, 15) is 4.39 Å². The van der Waals surface area contributed by atoms with Crippen molar-refractivity contribution in [2.24, 2.45) is 0 Å². The van der Waals surface area contributed by atoms with Crippen LogP contribution in [-0.2, 0) is 0 Å². The lowest BCUT2D eigenvalue weighted by atomic mass is 10.3. The van der Waals surface area contributed by atoms with Gasteiger partial charge in [-0.25, -0.2) is 9.37 Å². The first-order valence-electron chi connectivity index (χ1n) is 3.05. The van der Waals surface area contributed by atoms with Gasteiger partial charge in [0, 0.05) is 6.07 Å². The van der Waals surface area contributed by atoms with E-state index in [1.807, 2.05) is 0 Å². The molecule has 0 fully saturated rings. The van der Waals surface area contributed by atoms with E-state index < -0.39 is 5.82 Å². The number of imidazole rings is 1. The van der Waals surface area contributed by atoms with Gasteiger partial charge in [-0.1, -0.05) is 19.0 Å². The monoisotopic (exact) mass is 186 g/mol. The Morgan fingerprint density at radius 2 is 2.17 bits per heavy atom. The molecule has 0 spiro atoms. The topological polar surface area (TPSA) is 28.7 Å². The lowest BCUT2D eigenvalue weighted by Crippen LogP contribution is -1.76. The summed E-state index contributed by atoms with van der Waals surface area (Å²) in [5, 5.41) is 0.101. The third-order valence-electron chi connectivity index (χ3n) is 1.46. The molecule has 0 aliphatic heterocycles. The highest BCUT2D eigenvalue weighted by Gasteiger charge is 2.02. The average Bonchev–Trinajstić information content (AvgIpc) is 2.36. The Hall–Kier alpha value is -1.09. The molecule has 0 aliphatic carbocycles. The van der Waals surface area contributed by atoms with Gasteiger partial charge < -0.3 is 4.98 Å². The smallest absolute Gasteiger partial charge is 0.144 e. The normalized spacial score (nSPS) is 9.83. The molecule has 64 valence electrons. The number of hydrogen-bond donors (Lipinski definition) is 1. The fourth-order valence-corrected chi connectivity index (χ4v) is 1.09. The van der Waals surface area contributed by atoms with Gasteiger partial charge >= 0.3 is 0 Å². The van der Waals surface area contributed by atoms with Crippen molar-refractivity contribution in [1.29, 1.82) is 0 Å². The van der Waals surface area contributed by atoms with Crippen LogP contribution in [0.1, 0.15) is 7.43 Å². The molecule has 4 heteroatoms. The Labute approximate surface area is 74.4 Å². The zero-order valence-electron chi connectivity index (χ0n) is 5.44. The van der Waals surface area contributed by atoms with Crippen LogP contribution >= 0.6 is 11.6 Å². The molecule has 0 saturated carbocycles. The van der Waals surface area contributed by atoms with Crippen LogP contribution in [0.5, 0.6) is 0 Å². The van der Waals surface area contributed by atoms with Crippen LogP contribution in [0.4, 0.5) is 4.39 Å². The van der Waals surface area contributed by atoms with Crippen molar-refractivity contribution in [1.82, 2.24) is 9.97 Å². The highest BCUT2D eigenvalue weighted by atomic mass is 35.5. The predicted octanol–water partition coefficient (Wildman–Crippen LogP) is 2.99. The second-order valence-electron chi connectivity index (χ2n) is 2.19. The molecule has 2 rings (SSSR count). The highest BCUT2D eigenvalue weighted by molar-refractivity contribution is 6.31. The third-order valence-corrected chi connectivity index (χ3v) is 1.75. The van der Waals surface area contributed by atoms with E-state index in [4.69, 9.17) is 11.6 Å². The number of benzene rings is 1. The molecule has 2 nitrogen and oxygen atoms in total. The number of aromatic amines is 1. The summed E-state index contributed by atoms with van der Waals surface area (Å²) in [5.41, 5.74) is 1.34. The number of rotatable bonds is 0. The maximum atomic E-state index is 12.7. The molecule has 1 N–H and O–H groups in total. The molecular formula is C8H8ClFN2. The number of nitrogens with zero attached hydrogens (tertiary/aromatic N) is 1. The third kappa shape index (κ3) is 1.28. The van der Waals surface area contributed by atoms with Crippen molar-refractivity contribution in [3.63, 3.8) is 0 Å². The van der Waals surface area contributed by atoms with Gasteiger partial charge in [-0.15, -0.1) is 0 Å². The molecule has 0 atom stereocenters. The first kappa shape index (κ1) is 9.00. The second-order valence-corrected chi connectivity index (χ2v) is 2.59. The Kier molecular flexibility index (Phi) is 2.33. The van der Waals surface area contributed by atoms with E-state index in [1.54, 1.807) is 0 Å². The lowest BCUT2D eigenvalue weighted by Gasteiger charge is -1.91. The zero-order chi connectivity index (χ0) is 7.84. The minimum atomic E-state index is -0.427. The van der Waals surface area contributed by atoms with Gasteiger partial charge in [-0.3, -0.25) is 0 Å². The summed E-state index contributed by atoms with van der Waals surface area (Å²) >= 11 is 5.52. The summed E-state index contributed by atoms with van der Waals surface area (Å²) in [4.78, 5) is 6.69. The SMILES string of the molecule is C.Fc1cc2[nH]cnc2cc1Cl. The number of H-pyrrole nitrogens is 1. The highest BCUT2D eigenvalue weighted by Crippen LogP contribution is 2.19. The predicted molar refractivity (Wildman–Crippen MR) is 47.8 cm³/mol. The molecule has 0 unspecified atom stereocenters. The number of hydrogen-bond acceptors (Lipinski definition) is 1. The Balaban J connectivity index is 0.000000720. The van der Waals surface area contributed by atoms with Crippen LogP contribution in [0.3, 0.4) is 0 Å². The zero-order valence-corrected chi connectivity index (χ0v) is 6.19. The van der Waals surface area contributed by atoms with E-state index in [-0.39, 0.29) is 12.4 Å². The van der Waals surface area contributed by atoms with Gasteiger partial charge in [0.25, 0.3) is 0 Å². The molecule has 0 aliphatic rings. The van der Waals surface area contributed by atoms with Crippen LogP contribution in [0, 0.1) is 5.82 Å². The number of fused-ring (bicyclic) bond motifs is 1. The number of aromatic nitrogens is 2. The van der Waals surface area contributed by atoms with E-state index in [2.05, 4.69) is 9.97 Å². The van der Waals surface area contributed by atoms with E-state index in [1.165, 1.54) is 18.5 Å². The van der Waals surface area contributed by atoms with Gasteiger partial charge in [0.15, 0.2) is 0 Å². The van der Waals surface area contributed by atoms with Crippen LogP contribution in [-0.4, -0.2) is 9.97 Å². The van der Waals surface area contributed by atoms with Crippen LogP contribution < -0.4 is 0 Å². The van der Waals surface area contributed by atoms with Crippen molar-refractivity contribution >= 4 is 22.6 Å². The molecule has 0 saturated heterocycles. The fraction of sp³-hybridized carbons (Fsp3) is 0.125. The first-order valence-corrected chi connectivity index (χ1v) is 3.43. The number of halogens is 2. The van der Waals surface area contributed by atoms with Gasteiger partial charge in [-0.05, 0) is 6.07 Å². The first-order chi connectivity index (χ1) is 5.27. The fourth-order valence-electron chi connectivity index (χ4n) is 0.930. The molecular weight excluding hydrogens is 179 g/mol. The maximum Gasteiger partial charge on any atom is 0.144 e. The Morgan fingerprint density at radius 1 is 1.42 bits per heavy atom. The minimum absolute atomic E-state index is 0. The standard InChI is InChI=1S/C7H4ClFN2.CH4/c8-4-1-6-7(2-5(4)9)11-3-10-6;/h1-3H,(H,10,11);1H4. The summed E-state index contributed by atoms with van der Waals surface area (Å²) < 4.78 is 12.7. The summed E-state index contributed by atoms with van der Waals surface area (Å²) in [5.74, 6) is -0.427. The van der Waals surface area contributed by atoms with Gasteiger partial charge in [0.1, 0.15) is 5.82 Å². The summed E-state index contributed by atoms with van der Waals surface area (Å²) in [7, 11) is 0. The Morgan fingerprint density at radius 3 is 2.92 bits per heavy atom. The lowest BCUT2D eigenvalue weighted by molar-refractivity contribution is 0.630. The molecule has 2 aromatic rings. The van der Waals surface area contributed by atoms with Gasteiger partial charge in [-0.2, -0.15) is 0 Å². The largest absolute Gasteiger partial charge is 0.345 e. The molecule has 0 radical (unpaired) electrons. The Bertz CT molecular complexity index is 361. The van der Waals surface area contributed by atoms with Crippen molar-refractivity contribution in [2.75, 3.05) is 0 Å².